The number of aliphatic imine (C=N–C) groups is 1. The van der Waals surface area contributed by atoms with E-state index in [2.05, 4.69) is 15.6 Å². The Bertz CT molecular complexity index is 736. The zero-order valence-corrected chi connectivity index (χ0v) is 16.8. The molecule has 148 valence electrons. The number of guanidine groups is 1. The summed E-state index contributed by atoms with van der Waals surface area (Å²) in [6, 6.07) is 12.5. The van der Waals surface area contributed by atoms with Crippen LogP contribution in [0.2, 0.25) is 0 Å². The largest absolute Gasteiger partial charge is 0.484 e. The molecule has 2 rings (SSSR count). The van der Waals surface area contributed by atoms with Crippen molar-refractivity contribution in [2.75, 3.05) is 13.7 Å². The second-order valence-corrected chi connectivity index (χ2v) is 5.42. The van der Waals surface area contributed by atoms with Gasteiger partial charge in [0.15, 0.2) is 12.6 Å². The number of halogens is 5. The molecule has 0 unspecified atom stereocenters. The number of hydrogen-bond donors (Lipinski definition) is 2. The zero-order chi connectivity index (χ0) is 19.0. The molecule has 0 aliphatic carbocycles. The summed E-state index contributed by atoms with van der Waals surface area (Å²) in [4.78, 5) is 4.05. The first-order valence-electron chi connectivity index (χ1n) is 7.84. The van der Waals surface area contributed by atoms with Gasteiger partial charge in [0, 0.05) is 25.7 Å². The molecule has 2 aromatic carbocycles. The summed E-state index contributed by atoms with van der Waals surface area (Å²) in [5, 5.41) is 6.06. The first-order chi connectivity index (χ1) is 12.4. The van der Waals surface area contributed by atoms with E-state index in [1.54, 1.807) is 37.4 Å². The quantitative estimate of drug-likeness (QED) is 0.272. The highest BCUT2D eigenvalue weighted by atomic mass is 127. The van der Waals surface area contributed by atoms with Crippen LogP contribution in [0.5, 0.6) is 5.75 Å². The van der Waals surface area contributed by atoms with Crippen molar-refractivity contribution in [1.82, 2.24) is 10.6 Å². The van der Waals surface area contributed by atoms with E-state index in [0.29, 0.717) is 18.1 Å². The van der Waals surface area contributed by atoms with E-state index in [4.69, 9.17) is 4.74 Å². The van der Waals surface area contributed by atoms with Crippen molar-refractivity contribution in [2.45, 2.75) is 19.3 Å². The molecule has 0 saturated carbocycles. The van der Waals surface area contributed by atoms with E-state index in [9.17, 15) is 17.6 Å². The number of alkyl halides is 3. The molecule has 0 aliphatic rings. The van der Waals surface area contributed by atoms with Gasteiger partial charge in [-0.3, -0.25) is 4.99 Å². The maximum absolute atomic E-state index is 12.9. The third-order valence-electron chi connectivity index (χ3n) is 3.41. The Hall–Kier alpha value is -2.04. The molecule has 2 aromatic rings. The van der Waals surface area contributed by atoms with Crippen LogP contribution < -0.4 is 15.4 Å². The Labute approximate surface area is 172 Å². The molecule has 0 fully saturated rings. The van der Waals surface area contributed by atoms with Gasteiger partial charge in [0.1, 0.15) is 11.6 Å². The van der Waals surface area contributed by atoms with Crippen LogP contribution in [0.1, 0.15) is 11.1 Å². The molecule has 27 heavy (non-hydrogen) atoms. The van der Waals surface area contributed by atoms with Crippen molar-refractivity contribution in [3.63, 3.8) is 0 Å². The SMILES string of the molecule is CN=C(NCc1ccc(F)cc1)NCc1ccccc1OCC(F)(F)F.I. The van der Waals surface area contributed by atoms with Crippen LogP contribution in [0.15, 0.2) is 53.5 Å². The third-order valence-corrected chi connectivity index (χ3v) is 3.41. The Morgan fingerprint density at radius 2 is 1.63 bits per heavy atom. The number of rotatable bonds is 6. The van der Waals surface area contributed by atoms with Gasteiger partial charge < -0.3 is 15.4 Å². The number of nitrogens with zero attached hydrogens (tertiary/aromatic N) is 1. The molecule has 0 aliphatic heterocycles. The lowest BCUT2D eigenvalue weighted by Gasteiger charge is -2.15. The van der Waals surface area contributed by atoms with E-state index in [1.165, 1.54) is 18.2 Å². The van der Waals surface area contributed by atoms with E-state index in [-0.39, 0.29) is 42.1 Å². The van der Waals surface area contributed by atoms with Gasteiger partial charge in [0.05, 0.1) is 0 Å². The van der Waals surface area contributed by atoms with Gasteiger partial charge in [-0.15, -0.1) is 24.0 Å². The number of nitrogens with one attached hydrogen (secondary N) is 2. The van der Waals surface area contributed by atoms with E-state index in [0.717, 1.165) is 5.56 Å². The molecule has 0 spiro atoms. The average molecular weight is 497 g/mol. The molecular weight excluding hydrogens is 477 g/mol. The van der Waals surface area contributed by atoms with Crippen LogP contribution in [-0.4, -0.2) is 25.8 Å². The fourth-order valence-electron chi connectivity index (χ4n) is 2.14. The van der Waals surface area contributed by atoms with Gasteiger partial charge in [-0.25, -0.2) is 4.39 Å². The fraction of sp³-hybridized carbons (Fsp3) is 0.278. The summed E-state index contributed by atoms with van der Waals surface area (Å²) < 4.78 is 54.7. The first-order valence-corrected chi connectivity index (χ1v) is 7.84. The lowest BCUT2D eigenvalue weighted by Crippen LogP contribution is -2.36. The number of para-hydroxylation sites is 1. The van der Waals surface area contributed by atoms with Crippen LogP contribution in [0.3, 0.4) is 0 Å². The summed E-state index contributed by atoms with van der Waals surface area (Å²) in [5.74, 6) is 0.304. The van der Waals surface area contributed by atoms with Crippen molar-refractivity contribution in [3.8, 4) is 5.75 Å². The fourth-order valence-corrected chi connectivity index (χ4v) is 2.14. The van der Waals surface area contributed by atoms with Crippen molar-refractivity contribution >= 4 is 29.9 Å². The lowest BCUT2D eigenvalue weighted by molar-refractivity contribution is -0.153. The predicted molar refractivity (Wildman–Crippen MR) is 107 cm³/mol. The van der Waals surface area contributed by atoms with Gasteiger partial charge in [-0.05, 0) is 23.8 Å². The summed E-state index contributed by atoms with van der Waals surface area (Å²) in [6.07, 6.45) is -4.40. The third kappa shape index (κ3) is 8.46. The van der Waals surface area contributed by atoms with Crippen LogP contribution in [0.4, 0.5) is 17.6 Å². The summed E-state index contributed by atoms with van der Waals surface area (Å²) >= 11 is 0. The molecule has 4 nitrogen and oxygen atoms in total. The number of ether oxygens (including phenoxy) is 1. The molecule has 0 saturated heterocycles. The van der Waals surface area contributed by atoms with Crippen molar-refractivity contribution in [3.05, 3.63) is 65.5 Å². The second kappa shape index (κ2) is 11.0. The van der Waals surface area contributed by atoms with Gasteiger partial charge >= 0.3 is 6.18 Å². The molecule has 0 aromatic heterocycles. The minimum absolute atomic E-state index is 0. The maximum Gasteiger partial charge on any atom is 0.422 e. The van der Waals surface area contributed by atoms with Crippen molar-refractivity contribution in [1.29, 1.82) is 0 Å². The lowest BCUT2D eigenvalue weighted by atomic mass is 10.2. The van der Waals surface area contributed by atoms with Gasteiger partial charge in [0.25, 0.3) is 0 Å². The smallest absolute Gasteiger partial charge is 0.422 e. The van der Waals surface area contributed by atoms with Gasteiger partial charge in [-0.2, -0.15) is 13.2 Å². The molecular formula is C18H20F4IN3O. The molecule has 0 heterocycles. The monoisotopic (exact) mass is 497 g/mol. The summed E-state index contributed by atoms with van der Waals surface area (Å²) in [6.45, 7) is -0.690. The topological polar surface area (TPSA) is 45.7 Å². The predicted octanol–water partition coefficient (Wildman–Crippen LogP) is 4.25. The Morgan fingerprint density at radius 1 is 1.00 bits per heavy atom. The van der Waals surface area contributed by atoms with E-state index >= 15 is 0 Å². The molecule has 9 heteroatoms. The Balaban J connectivity index is 0.00000364. The van der Waals surface area contributed by atoms with Crippen LogP contribution in [0, 0.1) is 5.82 Å². The number of hydrogen-bond acceptors (Lipinski definition) is 2. The second-order valence-electron chi connectivity index (χ2n) is 5.42. The first kappa shape index (κ1) is 23.0. The number of benzene rings is 2. The molecule has 0 atom stereocenters. The van der Waals surface area contributed by atoms with E-state index in [1.807, 2.05) is 0 Å². The Morgan fingerprint density at radius 3 is 2.26 bits per heavy atom. The van der Waals surface area contributed by atoms with Gasteiger partial charge in [0.2, 0.25) is 0 Å². The highest BCUT2D eigenvalue weighted by molar-refractivity contribution is 14.0. The minimum atomic E-state index is -4.40. The van der Waals surface area contributed by atoms with Crippen molar-refractivity contribution in [2.24, 2.45) is 4.99 Å². The molecule has 2 N–H and O–H groups in total. The summed E-state index contributed by atoms with van der Waals surface area (Å²) in [5.41, 5.74) is 1.43. The standard InChI is InChI=1S/C18H19F4N3O.HI/c1-23-17(24-10-13-6-8-15(19)9-7-13)25-11-14-4-2-3-5-16(14)26-12-18(20,21)22;/h2-9H,10-12H2,1H3,(H2,23,24,25);1H. The highest BCUT2D eigenvalue weighted by Gasteiger charge is 2.28. The average Bonchev–Trinajstić information content (AvgIpc) is 2.61. The van der Waals surface area contributed by atoms with Gasteiger partial charge in [-0.1, -0.05) is 30.3 Å². The molecule has 0 bridgehead atoms. The molecule has 0 radical (unpaired) electrons. The van der Waals surface area contributed by atoms with E-state index < -0.39 is 12.8 Å². The van der Waals surface area contributed by atoms with Crippen LogP contribution >= 0.6 is 24.0 Å². The maximum atomic E-state index is 12.9. The van der Waals surface area contributed by atoms with Crippen molar-refractivity contribution < 1.29 is 22.3 Å². The highest BCUT2D eigenvalue weighted by Crippen LogP contribution is 2.22. The van der Waals surface area contributed by atoms with Crippen LogP contribution in [-0.2, 0) is 13.1 Å². The summed E-state index contributed by atoms with van der Waals surface area (Å²) in [7, 11) is 1.58. The Kier molecular flexibility index (Phi) is 9.33. The zero-order valence-electron chi connectivity index (χ0n) is 14.5. The normalized spacial score (nSPS) is 11.5. The van der Waals surface area contributed by atoms with Crippen LogP contribution in [0.25, 0.3) is 0 Å². The molecule has 0 amide bonds. The minimum Gasteiger partial charge on any atom is -0.484 e.